The summed E-state index contributed by atoms with van der Waals surface area (Å²) in [4.78, 5) is 43.4. The van der Waals surface area contributed by atoms with Crippen LogP contribution < -0.4 is 5.32 Å². The zero-order valence-corrected chi connectivity index (χ0v) is 60.5. The van der Waals surface area contributed by atoms with E-state index in [1.165, 1.54) is 76.6 Å². The molecule has 6 N–H and O–H groups in total. The number of likely N-dealkylation sites (tertiary alicyclic amines) is 4. The van der Waals surface area contributed by atoms with Crippen LogP contribution in [0.1, 0.15) is 198 Å². The molecule has 0 radical (unpaired) electrons. The van der Waals surface area contributed by atoms with Gasteiger partial charge in [0.2, 0.25) is 0 Å². The van der Waals surface area contributed by atoms with Gasteiger partial charge in [0.25, 0.3) is 0 Å². The number of fused-ring (bicyclic) bond motifs is 2. The Kier molecular flexibility index (Phi) is 47.9. The first kappa shape index (κ1) is 86.4. The van der Waals surface area contributed by atoms with Crippen molar-refractivity contribution in [1.82, 2.24) is 34.8 Å². The minimum Gasteiger partial charge on any atom is -0.481 e. The maximum Gasteiger partial charge on any atom is 0.373 e. The summed E-state index contributed by atoms with van der Waals surface area (Å²) in [5, 5.41) is 50.0. The molecule has 0 amide bonds. The highest BCUT2D eigenvalue weighted by molar-refractivity contribution is 5.75. The largest absolute Gasteiger partial charge is 0.481 e. The van der Waals surface area contributed by atoms with Crippen LogP contribution in [0.2, 0.25) is 0 Å². The van der Waals surface area contributed by atoms with Gasteiger partial charge in [-0.15, -0.1) is 0 Å². The third-order valence-electron chi connectivity index (χ3n) is 17.8. The van der Waals surface area contributed by atoms with Gasteiger partial charge in [-0.1, -0.05) is 6.42 Å². The molecule has 544 valence electrons. The lowest BCUT2D eigenvalue weighted by Gasteiger charge is -2.37. The summed E-state index contributed by atoms with van der Waals surface area (Å²) in [7, 11) is 0. The van der Waals surface area contributed by atoms with Crippen LogP contribution in [0.3, 0.4) is 0 Å². The first-order chi connectivity index (χ1) is 44.4. The zero-order chi connectivity index (χ0) is 68.9. The van der Waals surface area contributed by atoms with E-state index in [4.69, 9.17) is 48.2 Å². The van der Waals surface area contributed by atoms with Crippen LogP contribution in [-0.4, -0.2) is 279 Å². The Bertz CT molecular complexity index is 1950. The summed E-state index contributed by atoms with van der Waals surface area (Å²) in [5.41, 5.74) is 0.847. The fourth-order valence-electron chi connectivity index (χ4n) is 12.3. The van der Waals surface area contributed by atoms with Gasteiger partial charge in [0.1, 0.15) is 0 Å². The second-order valence-corrected chi connectivity index (χ2v) is 28.5. The molecule has 7 heterocycles. The molecule has 7 aliphatic rings. The van der Waals surface area contributed by atoms with Crippen molar-refractivity contribution in [3.8, 4) is 0 Å². The normalized spacial score (nSPS) is 22.0. The van der Waals surface area contributed by atoms with Gasteiger partial charge in [0.15, 0.2) is 0 Å². The second-order valence-electron chi connectivity index (χ2n) is 28.5. The summed E-state index contributed by atoms with van der Waals surface area (Å²) in [6.45, 7) is 45.0. The van der Waals surface area contributed by atoms with Gasteiger partial charge in [-0.05, 0) is 249 Å². The Balaban J connectivity index is 0.000000378. The molecular formula is C72H137N7O14. The molecule has 21 heteroatoms. The lowest BCUT2D eigenvalue weighted by atomic mass is 9.79. The topological polar surface area (TPSA) is 249 Å². The molecule has 6 aliphatic heterocycles. The molecule has 3 atom stereocenters. The molecule has 1 saturated carbocycles. The number of aliphatic carboxylic acids is 1. The number of nitrogens with zero attached hydrogens (tertiary/aromatic N) is 6. The number of pyridine rings is 1. The molecule has 8 rings (SSSR count). The zero-order valence-electron chi connectivity index (χ0n) is 60.5. The van der Waals surface area contributed by atoms with E-state index in [0.717, 1.165) is 170 Å². The number of hydrogen-bond acceptors (Lipinski definition) is 20. The SMILES string of the molecule is CC(C)OCC1(CN2CC[C@@H](O)C2)CC1.CC(C)OCCCN1C2CCC1CC(O)C2.CC(C)OCCCN1CC(O)C1.CC(C)OCCCN1CCC(CO)(C(=O)O)CC1.CC(C)OCCCN1CCCCC1.CC(C)OCCCNCCc1ccncc1.O=C=O. The molecule has 93 heavy (non-hydrogen) atoms. The number of nitrogens with one attached hydrogen (secondary N) is 1. The third-order valence-corrected chi connectivity index (χ3v) is 17.8. The predicted octanol–water partition coefficient (Wildman–Crippen LogP) is 8.22. The number of piperidine rings is 3. The Morgan fingerprint density at radius 2 is 0.989 bits per heavy atom. The molecule has 6 saturated heterocycles. The average molecular weight is 1320 g/mol. The van der Waals surface area contributed by atoms with Crippen molar-refractivity contribution in [2.75, 3.05) is 144 Å². The number of aliphatic hydroxyl groups excluding tert-OH is 4. The Labute approximate surface area is 564 Å². The van der Waals surface area contributed by atoms with Crippen molar-refractivity contribution in [1.29, 1.82) is 0 Å². The van der Waals surface area contributed by atoms with Crippen molar-refractivity contribution >= 4 is 12.1 Å². The number of aromatic nitrogens is 1. The number of hydrogen-bond donors (Lipinski definition) is 6. The van der Waals surface area contributed by atoms with Gasteiger partial charge in [-0.2, -0.15) is 9.59 Å². The molecule has 2 bridgehead atoms. The van der Waals surface area contributed by atoms with E-state index in [1.807, 2.05) is 40.1 Å². The van der Waals surface area contributed by atoms with Crippen molar-refractivity contribution in [3.05, 3.63) is 30.1 Å². The van der Waals surface area contributed by atoms with Gasteiger partial charge in [-0.25, -0.2) is 0 Å². The van der Waals surface area contributed by atoms with E-state index < -0.39 is 11.4 Å². The fourth-order valence-corrected chi connectivity index (χ4v) is 12.3. The number of aliphatic hydroxyl groups is 4. The van der Waals surface area contributed by atoms with Crippen molar-refractivity contribution < 1.29 is 68.3 Å². The number of carbonyl (C=O) groups is 1. The Hall–Kier alpha value is -2.64. The molecule has 2 unspecified atom stereocenters. The standard InChI is InChI=1S/C13H22N2O.C13H25NO4.C13H25NO2.C12H23NO2.C11H23NO.C9H19NO2.CO2/c1-12(2)16-11-3-7-14-8-4-13-5-9-15-10-6-13;1-11(2)18-9-3-6-14-7-4-13(10-15,5-8-14)12(16)17;1-10(2)16-7-3-6-14-11-4-5-12(14)9-13(15)8-11;1-10(2)15-9-12(4-5-12)8-13-6-3-11(14)7-13;1-11(2)13-10-6-9-12-7-4-3-5-8-12;1-8(2)12-5-3-4-10-6-9(11)7-10;2-1-3/h5-6,9-10,12,14H,3-4,7-8,11H2,1-2H3;11,15H,3-10H2,1-2H3,(H,16,17);10-13,15H,3-9H2,1-2H3;10-11,14H,3-9H2,1-2H3;11H,3-10H2,1-2H3;8-9,11H,3-7H2,1-2H3;/t;;;11-;;;/m...1.../s1. The molecule has 1 aromatic rings. The Morgan fingerprint density at radius 1 is 0.548 bits per heavy atom. The summed E-state index contributed by atoms with van der Waals surface area (Å²) in [5.74, 6) is -0.868. The highest BCUT2D eigenvalue weighted by atomic mass is 16.5. The molecule has 1 aromatic heterocycles. The smallest absolute Gasteiger partial charge is 0.373 e. The number of ether oxygens (including phenoxy) is 6. The van der Waals surface area contributed by atoms with Crippen molar-refractivity contribution in [2.45, 2.75) is 266 Å². The van der Waals surface area contributed by atoms with Gasteiger partial charge < -0.3 is 74.0 Å². The van der Waals surface area contributed by atoms with Crippen LogP contribution in [0.5, 0.6) is 0 Å². The molecule has 0 spiro atoms. The quantitative estimate of drug-likeness (QED) is 0.0350. The van der Waals surface area contributed by atoms with Crippen LogP contribution in [0.4, 0.5) is 0 Å². The molecule has 7 fully saturated rings. The van der Waals surface area contributed by atoms with Crippen LogP contribution in [0.25, 0.3) is 0 Å². The number of β-amino-alcohol motifs (C(OH)–C–C–N with tert-alkyl or cyclic N) is 2. The van der Waals surface area contributed by atoms with E-state index in [0.29, 0.717) is 60.9 Å². The molecule has 0 aromatic carbocycles. The van der Waals surface area contributed by atoms with Crippen LogP contribution in [0.15, 0.2) is 24.5 Å². The summed E-state index contributed by atoms with van der Waals surface area (Å²) in [6.07, 6.45) is 25.6. The third kappa shape index (κ3) is 42.7. The Morgan fingerprint density at radius 3 is 1.41 bits per heavy atom. The van der Waals surface area contributed by atoms with Crippen molar-refractivity contribution in [2.24, 2.45) is 10.8 Å². The summed E-state index contributed by atoms with van der Waals surface area (Å²) >= 11 is 0. The van der Waals surface area contributed by atoms with Gasteiger partial charge in [-0.3, -0.25) is 19.6 Å². The van der Waals surface area contributed by atoms with Crippen LogP contribution >= 0.6 is 0 Å². The number of rotatable bonds is 35. The lowest BCUT2D eigenvalue weighted by Crippen LogP contribution is -2.50. The first-order valence-corrected chi connectivity index (χ1v) is 36.3. The maximum atomic E-state index is 11.2. The van der Waals surface area contributed by atoms with Crippen molar-refractivity contribution in [3.63, 3.8) is 0 Å². The number of carboxylic acids is 1. The minimum atomic E-state index is -0.912. The number of carboxylic acid groups (broad SMARTS) is 1. The average Bonchev–Trinajstić information content (AvgIpc) is 1.74. The predicted molar refractivity (Wildman–Crippen MR) is 368 cm³/mol. The summed E-state index contributed by atoms with van der Waals surface area (Å²) < 4.78 is 33.1. The van der Waals surface area contributed by atoms with Crippen LogP contribution in [-0.2, 0) is 49.2 Å². The highest BCUT2D eigenvalue weighted by Crippen LogP contribution is 2.47. The van der Waals surface area contributed by atoms with Gasteiger partial charge >= 0.3 is 12.1 Å². The van der Waals surface area contributed by atoms with Gasteiger partial charge in [0.05, 0.1) is 73.6 Å². The number of carbonyl (C=O) groups excluding carboxylic acids is 2. The van der Waals surface area contributed by atoms with E-state index >= 15 is 0 Å². The van der Waals surface area contributed by atoms with E-state index in [2.05, 4.69) is 102 Å². The van der Waals surface area contributed by atoms with Crippen LogP contribution in [0, 0.1) is 10.8 Å². The molecule has 21 nitrogen and oxygen atoms in total. The highest BCUT2D eigenvalue weighted by Gasteiger charge is 2.45. The summed E-state index contributed by atoms with van der Waals surface area (Å²) in [6, 6.07) is 5.41. The first-order valence-electron chi connectivity index (χ1n) is 36.3. The van der Waals surface area contributed by atoms with Gasteiger partial charge in [0, 0.05) is 122 Å². The molecular weight excluding hydrogens is 1190 g/mol. The van der Waals surface area contributed by atoms with E-state index in [9.17, 15) is 20.1 Å². The lowest BCUT2D eigenvalue weighted by molar-refractivity contribution is -0.191. The second kappa shape index (κ2) is 51.5. The minimum absolute atomic E-state index is 0.0411. The van der Waals surface area contributed by atoms with E-state index in [-0.39, 0.29) is 37.2 Å². The molecule has 1 aliphatic carbocycles. The maximum absolute atomic E-state index is 11.2. The fraction of sp³-hybridized carbons (Fsp3) is 0.903. The van der Waals surface area contributed by atoms with E-state index in [1.54, 1.807) is 0 Å². The monoisotopic (exact) mass is 1320 g/mol.